The summed E-state index contributed by atoms with van der Waals surface area (Å²) in [5.74, 6) is -0.771. The Bertz CT molecular complexity index is 267. The first-order valence-electron chi connectivity index (χ1n) is 5.31. The molecule has 0 radical (unpaired) electrons. The Labute approximate surface area is 89.4 Å². The predicted octanol–water partition coefficient (Wildman–Crippen LogP) is 1.67. The van der Waals surface area contributed by atoms with E-state index in [2.05, 4.69) is 11.9 Å². The number of carboxylic acids is 1. The van der Waals surface area contributed by atoms with Crippen LogP contribution in [0, 0.1) is 5.92 Å². The summed E-state index contributed by atoms with van der Waals surface area (Å²) in [6.45, 7) is 3.24. The van der Waals surface area contributed by atoms with Gasteiger partial charge in [0.05, 0.1) is 0 Å². The van der Waals surface area contributed by atoms with Crippen LogP contribution in [0.15, 0.2) is 12.3 Å². The van der Waals surface area contributed by atoms with Crippen LogP contribution in [0.3, 0.4) is 0 Å². The minimum atomic E-state index is -1.18. The molecule has 0 aliphatic heterocycles. The summed E-state index contributed by atoms with van der Waals surface area (Å²) in [5, 5.41) is 10.8. The summed E-state index contributed by atoms with van der Waals surface area (Å²) >= 11 is 0. The van der Waals surface area contributed by atoms with E-state index in [9.17, 15) is 9.59 Å². The van der Waals surface area contributed by atoms with Gasteiger partial charge in [-0.05, 0) is 12.3 Å². The van der Waals surface area contributed by atoms with Crippen LogP contribution in [0.25, 0.3) is 0 Å². The molecule has 1 rings (SSSR count). The van der Waals surface area contributed by atoms with Crippen molar-refractivity contribution in [3.8, 4) is 0 Å². The minimum Gasteiger partial charge on any atom is -0.477 e. The molecule has 1 aliphatic carbocycles. The summed E-state index contributed by atoms with van der Waals surface area (Å²) in [6.07, 6.45) is 6.18. The number of amides is 1. The highest BCUT2D eigenvalue weighted by Gasteiger charge is 2.16. The van der Waals surface area contributed by atoms with E-state index in [4.69, 9.17) is 5.11 Å². The molecule has 0 bridgehead atoms. The van der Waals surface area contributed by atoms with Gasteiger partial charge in [-0.3, -0.25) is 4.79 Å². The minimum absolute atomic E-state index is 0.241. The molecule has 0 aromatic rings. The molecular weight excluding hydrogens is 194 g/mol. The lowest BCUT2D eigenvalue weighted by Gasteiger charge is -2.08. The molecule has 4 heteroatoms. The molecule has 1 saturated carbocycles. The van der Waals surface area contributed by atoms with Crippen LogP contribution in [0.2, 0.25) is 0 Å². The van der Waals surface area contributed by atoms with Gasteiger partial charge in [-0.25, -0.2) is 4.79 Å². The van der Waals surface area contributed by atoms with Crippen molar-refractivity contribution in [1.82, 2.24) is 5.32 Å². The molecule has 1 amide bonds. The van der Waals surface area contributed by atoms with E-state index in [1.807, 2.05) is 0 Å². The maximum atomic E-state index is 11.3. The maximum Gasteiger partial charge on any atom is 0.351 e. The van der Waals surface area contributed by atoms with Crippen molar-refractivity contribution in [3.63, 3.8) is 0 Å². The van der Waals surface area contributed by atoms with Gasteiger partial charge in [-0.1, -0.05) is 32.3 Å². The zero-order valence-corrected chi connectivity index (χ0v) is 8.79. The summed E-state index contributed by atoms with van der Waals surface area (Å²) in [7, 11) is 0. The quantitative estimate of drug-likeness (QED) is 0.680. The van der Waals surface area contributed by atoms with Gasteiger partial charge in [0.1, 0.15) is 5.70 Å². The maximum absolute atomic E-state index is 11.3. The second-order valence-electron chi connectivity index (χ2n) is 4.02. The van der Waals surface area contributed by atoms with Gasteiger partial charge in [-0.2, -0.15) is 0 Å². The average molecular weight is 211 g/mol. The molecule has 0 aromatic heterocycles. The topological polar surface area (TPSA) is 66.4 Å². The third kappa shape index (κ3) is 4.14. The van der Waals surface area contributed by atoms with Crippen LogP contribution in [-0.2, 0) is 9.59 Å². The van der Waals surface area contributed by atoms with E-state index in [1.165, 1.54) is 25.7 Å². The third-order valence-corrected chi connectivity index (χ3v) is 2.80. The predicted molar refractivity (Wildman–Crippen MR) is 56.1 cm³/mol. The fourth-order valence-corrected chi connectivity index (χ4v) is 1.92. The molecule has 0 atom stereocenters. The molecule has 0 heterocycles. The van der Waals surface area contributed by atoms with Gasteiger partial charge in [0, 0.05) is 6.42 Å². The van der Waals surface area contributed by atoms with Gasteiger partial charge in [0.15, 0.2) is 0 Å². The smallest absolute Gasteiger partial charge is 0.351 e. The van der Waals surface area contributed by atoms with Gasteiger partial charge < -0.3 is 10.4 Å². The van der Waals surface area contributed by atoms with Gasteiger partial charge in [0.2, 0.25) is 5.91 Å². The Balaban J connectivity index is 2.18. The summed E-state index contributed by atoms with van der Waals surface area (Å²) in [5.41, 5.74) is -0.244. The second kappa shape index (κ2) is 5.53. The zero-order chi connectivity index (χ0) is 11.3. The Kier molecular flexibility index (Phi) is 4.34. The molecule has 2 N–H and O–H groups in total. The number of rotatable bonds is 5. The highest BCUT2D eigenvalue weighted by Crippen LogP contribution is 2.28. The number of carbonyl (C=O) groups is 2. The van der Waals surface area contributed by atoms with Gasteiger partial charge in [0.25, 0.3) is 0 Å². The summed E-state index contributed by atoms with van der Waals surface area (Å²) < 4.78 is 0. The lowest BCUT2D eigenvalue weighted by atomic mass is 10.0. The van der Waals surface area contributed by atoms with Crippen LogP contribution >= 0.6 is 0 Å². The number of hydrogen-bond donors (Lipinski definition) is 2. The van der Waals surface area contributed by atoms with E-state index in [1.54, 1.807) is 0 Å². The van der Waals surface area contributed by atoms with Crippen molar-refractivity contribution >= 4 is 11.9 Å². The molecule has 0 saturated heterocycles. The Morgan fingerprint density at radius 1 is 1.33 bits per heavy atom. The van der Waals surface area contributed by atoms with Crippen molar-refractivity contribution in [2.24, 2.45) is 5.92 Å². The molecule has 1 aliphatic rings. The van der Waals surface area contributed by atoms with Crippen molar-refractivity contribution < 1.29 is 14.7 Å². The Hall–Kier alpha value is -1.32. The number of nitrogens with one attached hydrogen (secondary N) is 1. The number of hydrogen-bond acceptors (Lipinski definition) is 2. The highest BCUT2D eigenvalue weighted by atomic mass is 16.4. The molecule has 4 nitrogen and oxygen atoms in total. The molecule has 0 unspecified atom stereocenters. The van der Waals surface area contributed by atoms with E-state index < -0.39 is 5.97 Å². The van der Waals surface area contributed by atoms with Crippen LogP contribution < -0.4 is 5.32 Å². The van der Waals surface area contributed by atoms with Gasteiger partial charge >= 0.3 is 5.97 Å². The standard InChI is InChI=1S/C11H17NO3/c1-8(11(14)15)12-10(13)7-6-9-4-2-3-5-9/h9H,1-7H2,(H,12,13)(H,14,15). The zero-order valence-electron chi connectivity index (χ0n) is 8.79. The summed E-state index contributed by atoms with van der Waals surface area (Å²) in [6, 6.07) is 0. The molecule has 84 valence electrons. The van der Waals surface area contributed by atoms with E-state index in [-0.39, 0.29) is 11.6 Å². The van der Waals surface area contributed by atoms with E-state index in [0.29, 0.717) is 12.3 Å². The van der Waals surface area contributed by atoms with Crippen LogP contribution in [0.1, 0.15) is 38.5 Å². The number of carbonyl (C=O) groups excluding carboxylic acids is 1. The largest absolute Gasteiger partial charge is 0.477 e. The van der Waals surface area contributed by atoms with Crippen molar-refractivity contribution in [2.75, 3.05) is 0 Å². The number of aliphatic carboxylic acids is 1. The average Bonchev–Trinajstić information content (AvgIpc) is 2.66. The summed E-state index contributed by atoms with van der Waals surface area (Å²) in [4.78, 5) is 21.7. The van der Waals surface area contributed by atoms with Crippen molar-refractivity contribution in [2.45, 2.75) is 38.5 Å². The first kappa shape index (κ1) is 11.8. The first-order valence-corrected chi connectivity index (χ1v) is 5.31. The first-order chi connectivity index (χ1) is 7.09. The van der Waals surface area contributed by atoms with Gasteiger partial charge in [-0.15, -0.1) is 0 Å². The molecule has 1 fully saturated rings. The fourth-order valence-electron chi connectivity index (χ4n) is 1.92. The molecule has 0 aromatic carbocycles. The second-order valence-corrected chi connectivity index (χ2v) is 4.02. The molecular formula is C11H17NO3. The van der Waals surface area contributed by atoms with Crippen molar-refractivity contribution in [3.05, 3.63) is 12.3 Å². The van der Waals surface area contributed by atoms with Crippen molar-refractivity contribution in [1.29, 1.82) is 0 Å². The van der Waals surface area contributed by atoms with E-state index in [0.717, 1.165) is 6.42 Å². The highest BCUT2D eigenvalue weighted by molar-refractivity contribution is 5.91. The fraction of sp³-hybridized carbons (Fsp3) is 0.636. The Morgan fingerprint density at radius 2 is 1.93 bits per heavy atom. The lowest BCUT2D eigenvalue weighted by molar-refractivity contribution is -0.134. The normalized spacial score (nSPS) is 16.3. The SMILES string of the molecule is C=C(NC(=O)CCC1CCCC1)C(=O)O. The van der Waals surface area contributed by atoms with E-state index >= 15 is 0 Å². The van der Waals surface area contributed by atoms with Crippen LogP contribution in [0.4, 0.5) is 0 Å². The molecule has 15 heavy (non-hydrogen) atoms. The Morgan fingerprint density at radius 3 is 2.47 bits per heavy atom. The lowest BCUT2D eigenvalue weighted by Crippen LogP contribution is -2.26. The van der Waals surface area contributed by atoms with Crippen LogP contribution in [-0.4, -0.2) is 17.0 Å². The molecule has 0 spiro atoms. The number of carboxylic acid groups (broad SMARTS) is 1. The monoisotopic (exact) mass is 211 g/mol. The van der Waals surface area contributed by atoms with Crippen LogP contribution in [0.5, 0.6) is 0 Å². The third-order valence-electron chi connectivity index (χ3n) is 2.80.